The molecule has 2 aromatic rings. The Morgan fingerprint density at radius 2 is 1.92 bits per heavy atom. The number of nitrogens with zero attached hydrogens (tertiary/aromatic N) is 2. The molecular weight excluding hydrogens is 342 g/mol. The van der Waals surface area contributed by atoms with Gasteiger partial charge in [-0.1, -0.05) is 0 Å². The summed E-state index contributed by atoms with van der Waals surface area (Å²) < 4.78 is 40.4. The van der Waals surface area contributed by atoms with E-state index in [1.54, 1.807) is 6.07 Å². The third-order valence-corrected chi connectivity index (χ3v) is 6.04. The SMILES string of the molecule is O=S(=O)(NCCn1ncc2c1CCCC2)c1ccc2c(c1)OCCO2. The van der Waals surface area contributed by atoms with Crippen molar-refractivity contribution in [3.63, 3.8) is 0 Å². The Balaban J connectivity index is 1.42. The van der Waals surface area contributed by atoms with E-state index < -0.39 is 10.0 Å². The first-order valence-electron chi connectivity index (χ1n) is 8.56. The van der Waals surface area contributed by atoms with Crippen LogP contribution in [-0.2, 0) is 29.4 Å². The Labute approximate surface area is 147 Å². The number of benzene rings is 1. The van der Waals surface area contributed by atoms with Gasteiger partial charge in [-0.3, -0.25) is 4.68 Å². The molecule has 1 aliphatic heterocycles. The topological polar surface area (TPSA) is 82.5 Å². The van der Waals surface area contributed by atoms with Crippen LogP contribution in [0.5, 0.6) is 11.5 Å². The number of rotatable bonds is 5. The van der Waals surface area contributed by atoms with E-state index >= 15 is 0 Å². The van der Waals surface area contributed by atoms with Gasteiger partial charge in [0.05, 0.1) is 17.6 Å². The number of nitrogens with one attached hydrogen (secondary N) is 1. The standard InChI is InChI=1S/C17H21N3O4S/c21-25(22,14-5-6-16-17(11-14)24-10-9-23-16)19-7-8-20-15-4-2-1-3-13(15)12-18-20/h5-6,11-12,19H,1-4,7-10H2. The molecule has 2 aliphatic rings. The first-order chi connectivity index (χ1) is 12.1. The Morgan fingerprint density at radius 1 is 1.12 bits per heavy atom. The molecule has 1 N–H and O–H groups in total. The molecule has 25 heavy (non-hydrogen) atoms. The molecule has 4 rings (SSSR count). The lowest BCUT2D eigenvalue weighted by atomic mass is 9.98. The van der Waals surface area contributed by atoms with E-state index in [4.69, 9.17) is 9.47 Å². The monoisotopic (exact) mass is 363 g/mol. The molecule has 7 nitrogen and oxygen atoms in total. The molecule has 0 radical (unpaired) electrons. The normalized spacial score (nSPS) is 16.5. The second-order valence-corrected chi connectivity index (χ2v) is 8.02. The number of aryl methyl sites for hydroxylation is 1. The van der Waals surface area contributed by atoms with Crippen LogP contribution in [0.25, 0.3) is 0 Å². The lowest BCUT2D eigenvalue weighted by Gasteiger charge is -2.19. The molecule has 0 saturated carbocycles. The minimum Gasteiger partial charge on any atom is -0.486 e. The second-order valence-electron chi connectivity index (χ2n) is 6.25. The highest BCUT2D eigenvalue weighted by molar-refractivity contribution is 7.89. The van der Waals surface area contributed by atoms with E-state index in [2.05, 4.69) is 9.82 Å². The summed E-state index contributed by atoms with van der Waals surface area (Å²) in [7, 11) is -3.59. The summed E-state index contributed by atoms with van der Waals surface area (Å²) >= 11 is 0. The predicted molar refractivity (Wildman–Crippen MR) is 91.5 cm³/mol. The third kappa shape index (κ3) is 3.36. The van der Waals surface area contributed by atoms with Crippen molar-refractivity contribution in [1.29, 1.82) is 0 Å². The van der Waals surface area contributed by atoms with Gasteiger partial charge in [-0.25, -0.2) is 13.1 Å². The zero-order valence-corrected chi connectivity index (χ0v) is 14.7. The van der Waals surface area contributed by atoms with E-state index in [1.807, 2.05) is 10.9 Å². The lowest BCUT2D eigenvalue weighted by Crippen LogP contribution is -2.28. The molecule has 0 fully saturated rings. The van der Waals surface area contributed by atoms with E-state index in [9.17, 15) is 8.42 Å². The van der Waals surface area contributed by atoms with Gasteiger partial charge in [0, 0.05) is 18.3 Å². The van der Waals surface area contributed by atoms with Gasteiger partial charge in [0.1, 0.15) is 13.2 Å². The van der Waals surface area contributed by atoms with Crippen molar-refractivity contribution in [3.05, 3.63) is 35.7 Å². The smallest absolute Gasteiger partial charge is 0.240 e. The lowest BCUT2D eigenvalue weighted by molar-refractivity contribution is 0.171. The molecule has 0 atom stereocenters. The van der Waals surface area contributed by atoms with Crippen molar-refractivity contribution >= 4 is 10.0 Å². The molecule has 1 aromatic heterocycles. The largest absolute Gasteiger partial charge is 0.486 e. The van der Waals surface area contributed by atoms with E-state index in [1.165, 1.54) is 36.2 Å². The van der Waals surface area contributed by atoms with Crippen LogP contribution in [0, 0.1) is 0 Å². The Kier molecular flexibility index (Phi) is 4.39. The number of aromatic nitrogens is 2. The van der Waals surface area contributed by atoms with Gasteiger partial charge in [0.15, 0.2) is 11.5 Å². The van der Waals surface area contributed by atoms with Crippen molar-refractivity contribution in [2.24, 2.45) is 0 Å². The molecular formula is C17H21N3O4S. The van der Waals surface area contributed by atoms with Crippen molar-refractivity contribution < 1.29 is 17.9 Å². The minimum atomic E-state index is -3.59. The van der Waals surface area contributed by atoms with Crippen LogP contribution in [-0.4, -0.2) is 38.0 Å². The van der Waals surface area contributed by atoms with Gasteiger partial charge in [-0.2, -0.15) is 5.10 Å². The van der Waals surface area contributed by atoms with Gasteiger partial charge in [-0.05, 0) is 43.4 Å². The molecule has 0 spiro atoms. The Bertz CT molecular complexity index is 876. The van der Waals surface area contributed by atoms with Crippen LogP contribution in [0.4, 0.5) is 0 Å². The number of fused-ring (bicyclic) bond motifs is 2. The molecule has 2 heterocycles. The summed E-state index contributed by atoms with van der Waals surface area (Å²) in [6.07, 6.45) is 6.36. The van der Waals surface area contributed by atoms with Crippen molar-refractivity contribution in [2.75, 3.05) is 19.8 Å². The first-order valence-corrected chi connectivity index (χ1v) is 10.0. The van der Waals surface area contributed by atoms with Crippen LogP contribution in [0.3, 0.4) is 0 Å². The number of sulfonamides is 1. The fourth-order valence-corrected chi connectivity index (χ4v) is 4.34. The quantitative estimate of drug-likeness (QED) is 0.871. The molecule has 0 amide bonds. The summed E-state index contributed by atoms with van der Waals surface area (Å²) in [6, 6.07) is 4.67. The fourth-order valence-electron chi connectivity index (χ4n) is 3.31. The van der Waals surface area contributed by atoms with Crippen LogP contribution in [0.2, 0.25) is 0 Å². The zero-order valence-electron chi connectivity index (χ0n) is 13.9. The average molecular weight is 363 g/mol. The third-order valence-electron chi connectivity index (χ3n) is 4.58. The maximum Gasteiger partial charge on any atom is 0.240 e. The number of ether oxygens (including phenoxy) is 2. The van der Waals surface area contributed by atoms with Crippen LogP contribution in [0.1, 0.15) is 24.1 Å². The van der Waals surface area contributed by atoms with Crippen molar-refractivity contribution in [2.45, 2.75) is 37.1 Å². The Morgan fingerprint density at radius 3 is 2.80 bits per heavy atom. The first kappa shape index (κ1) is 16.4. The molecule has 8 heteroatoms. The van der Waals surface area contributed by atoms with Crippen molar-refractivity contribution in [3.8, 4) is 11.5 Å². The molecule has 1 aromatic carbocycles. The highest BCUT2D eigenvalue weighted by Crippen LogP contribution is 2.32. The average Bonchev–Trinajstić information content (AvgIpc) is 3.04. The van der Waals surface area contributed by atoms with Gasteiger partial charge in [-0.15, -0.1) is 0 Å². The van der Waals surface area contributed by atoms with Crippen molar-refractivity contribution in [1.82, 2.24) is 14.5 Å². The second kappa shape index (κ2) is 6.68. The van der Waals surface area contributed by atoms with Crippen LogP contribution in [0.15, 0.2) is 29.3 Å². The molecule has 1 aliphatic carbocycles. The van der Waals surface area contributed by atoms with Gasteiger partial charge in [0.2, 0.25) is 10.0 Å². The summed E-state index contributed by atoms with van der Waals surface area (Å²) in [6.45, 7) is 1.73. The van der Waals surface area contributed by atoms with E-state index in [0.717, 1.165) is 12.8 Å². The maximum atomic E-state index is 12.5. The summed E-state index contributed by atoms with van der Waals surface area (Å²) in [5.41, 5.74) is 2.53. The predicted octanol–water partition coefficient (Wildman–Crippen LogP) is 1.51. The van der Waals surface area contributed by atoms with Gasteiger partial charge in [0.25, 0.3) is 0 Å². The minimum absolute atomic E-state index is 0.180. The summed E-state index contributed by atoms with van der Waals surface area (Å²) in [4.78, 5) is 0.180. The molecule has 0 bridgehead atoms. The molecule has 0 saturated heterocycles. The van der Waals surface area contributed by atoms with Gasteiger partial charge >= 0.3 is 0 Å². The Hall–Kier alpha value is -2.06. The fraction of sp³-hybridized carbons (Fsp3) is 0.471. The highest BCUT2D eigenvalue weighted by atomic mass is 32.2. The summed E-state index contributed by atoms with van der Waals surface area (Å²) in [5.74, 6) is 1.05. The highest BCUT2D eigenvalue weighted by Gasteiger charge is 2.20. The number of hydrogen-bond acceptors (Lipinski definition) is 5. The molecule has 134 valence electrons. The zero-order chi connectivity index (χ0) is 17.3. The van der Waals surface area contributed by atoms with Gasteiger partial charge < -0.3 is 9.47 Å². The van der Waals surface area contributed by atoms with Crippen LogP contribution < -0.4 is 14.2 Å². The van der Waals surface area contributed by atoms with Crippen LogP contribution >= 0.6 is 0 Å². The van der Waals surface area contributed by atoms with E-state index in [0.29, 0.717) is 37.8 Å². The maximum absolute atomic E-state index is 12.5. The molecule has 0 unspecified atom stereocenters. The number of hydrogen-bond donors (Lipinski definition) is 1. The van der Waals surface area contributed by atoms with E-state index in [-0.39, 0.29) is 4.90 Å². The summed E-state index contributed by atoms with van der Waals surface area (Å²) in [5, 5.41) is 4.39.